The van der Waals surface area contributed by atoms with Gasteiger partial charge in [-0.3, -0.25) is 9.59 Å². The number of hydrogen-bond acceptors (Lipinski definition) is 5. The van der Waals surface area contributed by atoms with E-state index < -0.39 is 0 Å². The molecule has 1 aromatic carbocycles. The van der Waals surface area contributed by atoms with Crippen LogP contribution >= 0.6 is 0 Å². The smallest absolute Gasteiger partial charge is 0.263 e. The highest BCUT2D eigenvalue weighted by atomic mass is 16.5. The number of amides is 1. The lowest BCUT2D eigenvalue weighted by Crippen LogP contribution is -2.53. The molecule has 7 nitrogen and oxygen atoms in total. The number of benzene rings is 1. The molecule has 1 aliphatic rings. The highest BCUT2D eigenvalue weighted by Crippen LogP contribution is 2.27. The van der Waals surface area contributed by atoms with Gasteiger partial charge in [-0.25, -0.2) is 0 Å². The summed E-state index contributed by atoms with van der Waals surface area (Å²) in [6.45, 7) is 6.39. The van der Waals surface area contributed by atoms with E-state index in [1.807, 2.05) is 38.1 Å². The summed E-state index contributed by atoms with van der Waals surface area (Å²) in [4.78, 5) is 28.0. The van der Waals surface area contributed by atoms with Crippen molar-refractivity contribution >= 4 is 5.91 Å². The van der Waals surface area contributed by atoms with E-state index in [1.54, 1.807) is 29.9 Å². The van der Waals surface area contributed by atoms with Crippen molar-refractivity contribution in [3.8, 4) is 11.5 Å². The van der Waals surface area contributed by atoms with Gasteiger partial charge in [0, 0.05) is 38.4 Å². The summed E-state index contributed by atoms with van der Waals surface area (Å²) in [5.41, 5.74) is 1.78. The predicted molar refractivity (Wildman–Crippen MR) is 112 cm³/mol. The second kappa shape index (κ2) is 9.13. The maximum Gasteiger partial charge on any atom is 0.263 e. The van der Waals surface area contributed by atoms with Crippen LogP contribution in [-0.4, -0.2) is 55.3 Å². The number of ether oxygens (including phenoxy) is 2. The van der Waals surface area contributed by atoms with Gasteiger partial charge < -0.3 is 24.3 Å². The van der Waals surface area contributed by atoms with Crippen LogP contribution in [0.4, 0.5) is 0 Å². The minimum Gasteiger partial charge on any atom is -0.493 e. The van der Waals surface area contributed by atoms with Crippen LogP contribution in [0.5, 0.6) is 11.5 Å². The number of carbonyl (C=O) groups is 1. The lowest BCUT2D eigenvalue weighted by molar-refractivity contribution is 0.0652. The number of nitrogens with one attached hydrogen (secondary N) is 1. The number of pyridine rings is 1. The molecule has 2 heterocycles. The monoisotopic (exact) mass is 399 g/mol. The first-order chi connectivity index (χ1) is 14.0. The van der Waals surface area contributed by atoms with Crippen molar-refractivity contribution < 1.29 is 14.3 Å². The molecule has 7 heteroatoms. The van der Waals surface area contributed by atoms with Gasteiger partial charge in [-0.05, 0) is 49.6 Å². The second-order valence-electron chi connectivity index (χ2n) is 7.36. The highest BCUT2D eigenvalue weighted by Gasteiger charge is 2.27. The van der Waals surface area contributed by atoms with Crippen molar-refractivity contribution in [2.24, 2.45) is 0 Å². The molecule has 0 unspecified atom stereocenters. The molecule has 29 heavy (non-hydrogen) atoms. The Bertz CT molecular complexity index is 938. The van der Waals surface area contributed by atoms with Gasteiger partial charge >= 0.3 is 0 Å². The first-order valence-electron chi connectivity index (χ1n) is 9.89. The molecular formula is C22H29N3O4. The van der Waals surface area contributed by atoms with Gasteiger partial charge in [-0.2, -0.15) is 0 Å². The summed E-state index contributed by atoms with van der Waals surface area (Å²) in [5.74, 6) is 1.15. The molecular weight excluding hydrogens is 370 g/mol. The van der Waals surface area contributed by atoms with E-state index in [4.69, 9.17) is 9.47 Å². The lowest BCUT2D eigenvalue weighted by Gasteiger charge is -2.34. The van der Waals surface area contributed by atoms with Crippen LogP contribution in [0.2, 0.25) is 0 Å². The average molecular weight is 399 g/mol. The molecule has 1 N–H and O–H groups in total. The molecule has 0 radical (unpaired) electrons. The summed E-state index contributed by atoms with van der Waals surface area (Å²) >= 11 is 0. The van der Waals surface area contributed by atoms with Gasteiger partial charge in [0.05, 0.1) is 14.2 Å². The van der Waals surface area contributed by atoms with E-state index in [9.17, 15) is 9.59 Å². The Morgan fingerprint density at radius 2 is 1.97 bits per heavy atom. The Morgan fingerprint density at radius 3 is 2.66 bits per heavy atom. The normalized spacial score (nSPS) is 16.6. The molecule has 0 spiro atoms. The van der Waals surface area contributed by atoms with E-state index in [1.165, 1.54) is 0 Å². The fraction of sp³-hybridized carbons (Fsp3) is 0.455. The third-order valence-corrected chi connectivity index (χ3v) is 5.44. The van der Waals surface area contributed by atoms with Crippen LogP contribution in [0.15, 0.2) is 35.3 Å². The van der Waals surface area contributed by atoms with Crippen LogP contribution in [0.25, 0.3) is 0 Å². The van der Waals surface area contributed by atoms with Crippen LogP contribution in [0, 0.1) is 6.92 Å². The molecule has 2 aromatic rings. The SMILES string of the molecule is COc1ccc(CCn2ccc(C)c(C(=O)N3CCNC[C@H]3C)c2=O)cc1OC. The summed E-state index contributed by atoms with van der Waals surface area (Å²) < 4.78 is 12.2. The molecule has 1 aliphatic heterocycles. The van der Waals surface area contributed by atoms with E-state index in [0.29, 0.717) is 36.6 Å². The van der Waals surface area contributed by atoms with E-state index in [-0.39, 0.29) is 23.1 Å². The van der Waals surface area contributed by atoms with Crippen molar-refractivity contribution in [2.45, 2.75) is 32.9 Å². The second-order valence-corrected chi connectivity index (χ2v) is 7.36. The number of methoxy groups -OCH3 is 2. The van der Waals surface area contributed by atoms with E-state index >= 15 is 0 Å². The number of piperazine rings is 1. The van der Waals surface area contributed by atoms with Crippen LogP contribution in [0.3, 0.4) is 0 Å². The zero-order valence-electron chi connectivity index (χ0n) is 17.5. The summed E-state index contributed by atoms with van der Waals surface area (Å²) in [6.07, 6.45) is 2.40. The maximum absolute atomic E-state index is 13.1. The third kappa shape index (κ3) is 4.45. The molecule has 1 aromatic heterocycles. The van der Waals surface area contributed by atoms with Crippen molar-refractivity contribution in [1.29, 1.82) is 0 Å². The first-order valence-corrected chi connectivity index (χ1v) is 9.89. The van der Waals surface area contributed by atoms with Crippen LogP contribution in [0.1, 0.15) is 28.4 Å². The standard InChI is InChI=1S/C22H29N3O4/c1-15-7-10-24(11-8-17-5-6-18(28-3)19(13-17)29-4)21(26)20(15)22(27)25-12-9-23-14-16(25)2/h5-7,10,13,16,23H,8-9,11-12,14H2,1-4H3/t16-/m1/s1. The predicted octanol–water partition coefficient (Wildman–Crippen LogP) is 1.85. The Hall–Kier alpha value is -2.80. The Morgan fingerprint density at radius 1 is 1.21 bits per heavy atom. The molecule has 1 amide bonds. The minimum atomic E-state index is -0.235. The van der Waals surface area contributed by atoms with Crippen molar-refractivity contribution in [3.63, 3.8) is 0 Å². The van der Waals surface area contributed by atoms with Gasteiger partial charge in [0.25, 0.3) is 11.5 Å². The lowest BCUT2D eigenvalue weighted by atomic mass is 10.1. The third-order valence-electron chi connectivity index (χ3n) is 5.44. The Kier molecular flexibility index (Phi) is 6.59. The fourth-order valence-electron chi connectivity index (χ4n) is 3.67. The van der Waals surface area contributed by atoms with Crippen LogP contribution < -0.4 is 20.3 Å². The van der Waals surface area contributed by atoms with Crippen molar-refractivity contribution in [1.82, 2.24) is 14.8 Å². The Balaban J connectivity index is 1.82. The number of rotatable bonds is 6. The van der Waals surface area contributed by atoms with Gasteiger partial charge in [-0.1, -0.05) is 6.07 Å². The zero-order valence-corrected chi connectivity index (χ0v) is 17.5. The minimum absolute atomic E-state index is 0.0653. The van der Waals surface area contributed by atoms with Gasteiger partial charge in [0.15, 0.2) is 11.5 Å². The topological polar surface area (TPSA) is 72.8 Å². The molecule has 1 atom stereocenters. The molecule has 3 rings (SSSR count). The first kappa shape index (κ1) is 20.9. The largest absolute Gasteiger partial charge is 0.493 e. The van der Waals surface area contributed by atoms with Gasteiger partial charge in [0.2, 0.25) is 0 Å². The maximum atomic E-state index is 13.1. The number of nitrogens with zero attached hydrogens (tertiary/aromatic N) is 2. The molecule has 0 saturated carbocycles. The number of hydrogen-bond donors (Lipinski definition) is 1. The molecule has 1 fully saturated rings. The number of aromatic nitrogens is 1. The quantitative estimate of drug-likeness (QED) is 0.803. The molecule has 0 bridgehead atoms. The fourth-order valence-corrected chi connectivity index (χ4v) is 3.67. The average Bonchev–Trinajstić information content (AvgIpc) is 2.73. The number of carbonyl (C=O) groups excluding carboxylic acids is 1. The van der Waals surface area contributed by atoms with E-state index in [2.05, 4.69) is 5.32 Å². The zero-order chi connectivity index (χ0) is 21.0. The Labute approximate surface area is 171 Å². The molecule has 0 aliphatic carbocycles. The van der Waals surface area contributed by atoms with Crippen molar-refractivity contribution in [2.75, 3.05) is 33.9 Å². The van der Waals surface area contributed by atoms with Crippen molar-refractivity contribution in [3.05, 3.63) is 57.5 Å². The number of aryl methyl sites for hydroxylation is 3. The van der Waals surface area contributed by atoms with Gasteiger partial charge in [-0.15, -0.1) is 0 Å². The summed E-state index contributed by atoms with van der Waals surface area (Å²) in [5, 5.41) is 3.27. The molecule has 156 valence electrons. The summed E-state index contributed by atoms with van der Waals surface area (Å²) in [6, 6.07) is 7.63. The van der Waals surface area contributed by atoms with Gasteiger partial charge in [0.1, 0.15) is 5.56 Å². The van der Waals surface area contributed by atoms with Crippen LogP contribution in [-0.2, 0) is 13.0 Å². The molecule has 1 saturated heterocycles. The highest BCUT2D eigenvalue weighted by molar-refractivity contribution is 5.95. The summed E-state index contributed by atoms with van der Waals surface area (Å²) in [7, 11) is 3.20. The van der Waals surface area contributed by atoms with E-state index in [0.717, 1.165) is 18.7 Å².